The molecule has 4 unspecified atom stereocenters. The van der Waals surface area contributed by atoms with Crippen molar-refractivity contribution in [2.45, 2.75) is 51.6 Å². The van der Waals surface area contributed by atoms with E-state index in [-0.39, 0.29) is 0 Å². The highest BCUT2D eigenvalue weighted by atomic mass is 32.2. The smallest absolute Gasteiger partial charge is 0.0100 e. The summed E-state index contributed by atoms with van der Waals surface area (Å²) in [5.41, 5.74) is 0. The monoisotopic (exact) mass is 213 g/mol. The van der Waals surface area contributed by atoms with Crippen molar-refractivity contribution in [3.05, 3.63) is 0 Å². The van der Waals surface area contributed by atoms with E-state index in [4.69, 9.17) is 0 Å². The Morgan fingerprint density at radius 1 is 1.14 bits per heavy atom. The van der Waals surface area contributed by atoms with Gasteiger partial charge in [-0.25, -0.2) is 0 Å². The molecule has 0 spiro atoms. The van der Waals surface area contributed by atoms with Crippen molar-refractivity contribution >= 4 is 11.8 Å². The highest BCUT2D eigenvalue weighted by Crippen LogP contribution is 2.34. The van der Waals surface area contributed by atoms with Crippen LogP contribution < -0.4 is 5.32 Å². The Bertz CT molecular complexity index is 175. The van der Waals surface area contributed by atoms with E-state index in [0.29, 0.717) is 0 Å². The van der Waals surface area contributed by atoms with E-state index in [9.17, 15) is 0 Å². The van der Waals surface area contributed by atoms with E-state index in [1.807, 2.05) is 0 Å². The van der Waals surface area contributed by atoms with Crippen LogP contribution in [-0.2, 0) is 0 Å². The maximum absolute atomic E-state index is 3.86. The Labute approximate surface area is 92.4 Å². The van der Waals surface area contributed by atoms with Crippen LogP contribution in [-0.4, -0.2) is 23.6 Å². The Hall–Kier alpha value is 0.310. The minimum atomic E-state index is 0.824. The summed E-state index contributed by atoms with van der Waals surface area (Å²) in [5.74, 6) is 4.61. The van der Waals surface area contributed by atoms with Gasteiger partial charge in [0.15, 0.2) is 0 Å². The lowest BCUT2D eigenvalue weighted by atomic mass is 9.71. The number of hydrogen-bond acceptors (Lipinski definition) is 2. The summed E-state index contributed by atoms with van der Waals surface area (Å²) in [6.07, 6.45) is 5.62. The summed E-state index contributed by atoms with van der Waals surface area (Å²) < 4.78 is 0. The van der Waals surface area contributed by atoms with Crippen LogP contribution in [0.5, 0.6) is 0 Å². The molecule has 1 heterocycles. The van der Waals surface area contributed by atoms with E-state index in [2.05, 4.69) is 30.9 Å². The van der Waals surface area contributed by atoms with Crippen LogP contribution in [0.4, 0.5) is 0 Å². The van der Waals surface area contributed by atoms with Crippen LogP contribution in [0.1, 0.15) is 39.5 Å². The third kappa shape index (κ3) is 2.46. The molecule has 14 heavy (non-hydrogen) atoms. The van der Waals surface area contributed by atoms with Crippen LogP contribution in [0.2, 0.25) is 0 Å². The molecule has 0 aromatic carbocycles. The molecule has 2 fully saturated rings. The molecule has 1 saturated heterocycles. The van der Waals surface area contributed by atoms with Gasteiger partial charge in [0.25, 0.3) is 0 Å². The van der Waals surface area contributed by atoms with Crippen molar-refractivity contribution in [1.29, 1.82) is 0 Å². The highest BCUT2D eigenvalue weighted by Gasteiger charge is 2.35. The number of hydrogen-bond donors (Lipinski definition) is 1. The van der Waals surface area contributed by atoms with Crippen molar-refractivity contribution < 1.29 is 0 Å². The third-order valence-corrected chi connectivity index (χ3v) is 5.16. The maximum Gasteiger partial charge on any atom is 0.0100 e. The summed E-state index contributed by atoms with van der Waals surface area (Å²) >= 11 is 2.13. The van der Waals surface area contributed by atoms with E-state index >= 15 is 0 Å². The quantitative estimate of drug-likeness (QED) is 0.757. The first-order chi connectivity index (χ1) is 6.77. The molecule has 1 aliphatic carbocycles. The Morgan fingerprint density at radius 2 is 2.00 bits per heavy atom. The van der Waals surface area contributed by atoms with Gasteiger partial charge in [-0.15, -0.1) is 0 Å². The number of thioether (sulfide) groups is 1. The van der Waals surface area contributed by atoms with Gasteiger partial charge < -0.3 is 5.32 Å². The fraction of sp³-hybridized carbons (Fsp3) is 1.00. The molecular weight excluding hydrogens is 190 g/mol. The van der Waals surface area contributed by atoms with Gasteiger partial charge in [0.05, 0.1) is 0 Å². The standard InChI is InChI=1S/C12H23NS/c1-9-8-12(10(9)2)13-11-4-3-6-14-7-5-11/h9-13H,3-8H2,1-2H3. The molecule has 1 aliphatic heterocycles. The van der Waals surface area contributed by atoms with E-state index in [1.165, 1.54) is 37.2 Å². The van der Waals surface area contributed by atoms with Crippen LogP contribution in [0.3, 0.4) is 0 Å². The molecule has 4 atom stereocenters. The van der Waals surface area contributed by atoms with Gasteiger partial charge in [-0.3, -0.25) is 0 Å². The van der Waals surface area contributed by atoms with E-state index in [0.717, 1.165) is 23.9 Å². The first-order valence-electron chi connectivity index (χ1n) is 6.11. The molecule has 2 heteroatoms. The maximum atomic E-state index is 3.86. The normalized spacial score (nSPS) is 44.1. The van der Waals surface area contributed by atoms with E-state index < -0.39 is 0 Å². The molecule has 0 aromatic heterocycles. The van der Waals surface area contributed by atoms with Crippen molar-refractivity contribution in [2.24, 2.45) is 11.8 Å². The number of nitrogens with one attached hydrogen (secondary N) is 1. The molecular formula is C12H23NS. The Balaban J connectivity index is 1.73. The molecule has 2 rings (SSSR count). The summed E-state index contributed by atoms with van der Waals surface area (Å²) in [6, 6.07) is 1.66. The third-order valence-electron chi connectivity index (χ3n) is 4.06. The molecule has 0 bridgehead atoms. The highest BCUT2D eigenvalue weighted by molar-refractivity contribution is 7.99. The zero-order chi connectivity index (χ0) is 9.97. The number of rotatable bonds is 2. The second-order valence-electron chi connectivity index (χ2n) is 5.09. The predicted octanol–water partition coefficient (Wildman–Crippen LogP) is 2.91. The lowest BCUT2D eigenvalue weighted by Gasteiger charge is -2.43. The predicted molar refractivity (Wildman–Crippen MR) is 64.8 cm³/mol. The van der Waals surface area contributed by atoms with Crippen LogP contribution in [0, 0.1) is 11.8 Å². The fourth-order valence-electron chi connectivity index (χ4n) is 2.62. The molecule has 0 amide bonds. The Morgan fingerprint density at radius 3 is 2.71 bits per heavy atom. The topological polar surface area (TPSA) is 12.0 Å². The zero-order valence-electron chi connectivity index (χ0n) is 9.46. The first kappa shape index (κ1) is 10.8. The fourth-order valence-corrected chi connectivity index (χ4v) is 3.65. The molecule has 1 N–H and O–H groups in total. The first-order valence-corrected chi connectivity index (χ1v) is 7.26. The molecule has 1 saturated carbocycles. The second-order valence-corrected chi connectivity index (χ2v) is 6.31. The van der Waals surface area contributed by atoms with Gasteiger partial charge >= 0.3 is 0 Å². The van der Waals surface area contributed by atoms with Gasteiger partial charge in [-0.1, -0.05) is 13.8 Å². The SMILES string of the molecule is CC1CC(NC2CCCSCC2)C1C. The second kappa shape index (κ2) is 4.89. The van der Waals surface area contributed by atoms with Crippen molar-refractivity contribution in [3.63, 3.8) is 0 Å². The van der Waals surface area contributed by atoms with Gasteiger partial charge in [0.1, 0.15) is 0 Å². The molecule has 1 nitrogen and oxygen atoms in total. The lowest BCUT2D eigenvalue weighted by molar-refractivity contribution is 0.123. The van der Waals surface area contributed by atoms with Gasteiger partial charge in [0.2, 0.25) is 0 Å². The zero-order valence-corrected chi connectivity index (χ0v) is 10.3. The van der Waals surface area contributed by atoms with Gasteiger partial charge in [-0.2, -0.15) is 11.8 Å². The summed E-state index contributed by atoms with van der Waals surface area (Å²) in [5, 5.41) is 3.86. The molecule has 0 aromatic rings. The average molecular weight is 213 g/mol. The van der Waals surface area contributed by atoms with E-state index in [1.54, 1.807) is 0 Å². The molecule has 82 valence electrons. The van der Waals surface area contributed by atoms with Crippen LogP contribution >= 0.6 is 11.8 Å². The van der Waals surface area contributed by atoms with Crippen molar-refractivity contribution in [1.82, 2.24) is 5.32 Å². The summed E-state index contributed by atoms with van der Waals surface area (Å²) in [6.45, 7) is 4.78. The largest absolute Gasteiger partial charge is 0.311 e. The van der Waals surface area contributed by atoms with Gasteiger partial charge in [0, 0.05) is 12.1 Å². The Kier molecular flexibility index (Phi) is 3.78. The molecule has 2 aliphatic rings. The average Bonchev–Trinajstić information content (AvgIpc) is 2.45. The minimum absolute atomic E-state index is 0.824. The van der Waals surface area contributed by atoms with Crippen molar-refractivity contribution in [2.75, 3.05) is 11.5 Å². The van der Waals surface area contributed by atoms with Crippen LogP contribution in [0.25, 0.3) is 0 Å². The van der Waals surface area contributed by atoms with Crippen molar-refractivity contribution in [3.8, 4) is 0 Å². The molecule has 0 radical (unpaired) electrons. The summed E-state index contributed by atoms with van der Waals surface area (Å²) in [4.78, 5) is 0. The minimum Gasteiger partial charge on any atom is -0.311 e. The van der Waals surface area contributed by atoms with Gasteiger partial charge in [-0.05, 0) is 49.0 Å². The lowest BCUT2D eigenvalue weighted by Crippen LogP contribution is -2.51. The summed E-state index contributed by atoms with van der Waals surface area (Å²) in [7, 11) is 0. The van der Waals surface area contributed by atoms with Crippen LogP contribution in [0.15, 0.2) is 0 Å².